The van der Waals surface area contributed by atoms with E-state index in [4.69, 9.17) is 9.84 Å². The molecular formula is C21H26N6O2. The van der Waals surface area contributed by atoms with Crippen LogP contribution >= 0.6 is 0 Å². The van der Waals surface area contributed by atoms with E-state index in [1.807, 2.05) is 55.7 Å². The van der Waals surface area contributed by atoms with Crippen LogP contribution in [0.25, 0.3) is 16.9 Å². The van der Waals surface area contributed by atoms with E-state index in [-0.39, 0.29) is 12.1 Å². The SMILES string of the molecule is CN(C(=O)OC(C)(C)C)[C@H]1CCN(c2ccc3ncc(-c4ccncc4)n3n2)C1. The normalized spacial score (nSPS) is 17.0. The molecule has 1 saturated heterocycles. The lowest BCUT2D eigenvalue weighted by Crippen LogP contribution is -2.42. The Hall–Kier alpha value is -3.16. The average Bonchev–Trinajstić information content (AvgIpc) is 3.33. The Balaban J connectivity index is 1.53. The molecule has 0 spiro atoms. The Morgan fingerprint density at radius 3 is 2.69 bits per heavy atom. The molecule has 8 nitrogen and oxygen atoms in total. The zero-order chi connectivity index (χ0) is 20.6. The van der Waals surface area contributed by atoms with Crippen molar-refractivity contribution < 1.29 is 9.53 Å². The molecule has 0 aliphatic carbocycles. The number of anilines is 1. The van der Waals surface area contributed by atoms with Crippen LogP contribution in [0.2, 0.25) is 0 Å². The summed E-state index contributed by atoms with van der Waals surface area (Å²) >= 11 is 0. The van der Waals surface area contributed by atoms with Crippen molar-refractivity contribution in [3.05, 3.63) is 42.9 Å². The summed E-state index contributed by atoms with van der Waals surface area (Å²) in [5.41, 5.74) is 2.23. The van der Waals surface area contributed by atoms with Crippen LogP contribution in [0.1, 0.15) is 27.2 Å². The number of nitrogens with zero attached hydrogens (tertiary/aromatic N) is 6. The lowest BCUT2D eigenvalue weighted by Gasteiger charge is -2.28. The summed E-state index contributed by atoms with van der Waals surface area (Å²) < 4.78 is 7.36. The minimum Gasteiger partial charge on any atom is -0.444 e. The Labute approximate surface area is 170 Å². The van der Waals surface area contributed by atoms with Crippen molar-refractivity contribution >= 4 is 17.6 Å². The van der Waals surface area contributed by atoms with Gasteiger partial charge in [0.15, 0.2) is 5.65 Å². The number of ether oxygens (including phenoxy) is 1. The van der Waals surface area contributed by atoms with E-state index >= 15 is 0 Å². The van der Waals surface area contributed by atoms with Gasteiger partial charge in [0.05, 0.1) is 17.9 Å². The van der Waals surface area contributed by atoms with Crippen LogP contribution in [-0.4, -0.2) is 62.4 Å². The van der Waals surface area contributed by atoms with Crippen molar-refractivity contribution in [1.82, 2.24) is 24.5 Å². The van der Waals surface area contributed by atoms with Gasteiger partial charge in [-0.15, -0.1) is 5.10 Å². The summed E-state index contributed by atoms with van der Waals surface area (Å²) in [6.45, 7) is 7.18. The van der Waals surface area contributed by atoms with Crippen molar-refractivity contribution in [3.8, 4) is 11.3 Å². The number of likely N-dealkylation sites (N-methyl/N-ethyl adjacent to an activating group) is 1. The van der Waals surface area contributed by atoms with Gasteiger partial charge in [0.1, 0.15) is 11.4 Å². The number of hydrogen-bond acceptors (Lipinski definition) is 6. The number of amides is 1. The Morgan fingerprint density at radius 1 is 1.21 bits per heavy atom. The zero-order valence-corrected chi connectivity index (χ0v) is 17.2. The Bertz CT molecular complexity index is 1010. The van der Waals surface area contributed by atoms with Crippen molar-refractivity contribution in [3.63, 3.8) is 0 Å². The molecule has 3 aromatic heterocycles. The smallest absolute Gasteiger partial charge is 0.410 e. The largest absolute Gasteiger partial charge is 0.444 e. The number of carbonyl (C=O) groups excluding carboxylic acids is 1. The highest BCUT2D eigenvalue weighted by Gasteiger charge is 2.31. The maximum Gasteiger partial charge on any atom is 0.410 e. The third kappa shape index (κ3) is 4.01. The van der Waals surface area contributed by atoms with Crippen LogP contribution in [-0.2, 0) is 4.74 Å². The van der Waals surface area contributed by atoms with Crippen LogP contribution in [0.5, 0.6) is 0 Å². The third-order valence-corrected chi connectivity index (χ3v) is 5.04. The Morgan fingerprint density at radius 2 is 1.97 bits per heavy atom. The summed E-state index contributed by atoms with van der Waals surface area (Å²) in [7, 11) is 1.80. The summed E-state index contributed by atoms with van der Waals surface area (Å²) in [5.74, 6) is 0.867. The number of carbonyl (C=O) groups is 1. The quantitative estimate of drug-likeness (QED) is 0.679. The average molecular weight is 394 g/mol. The molecule has 0 aromatic carbocycles. The van der Waals surface area contributed by atoms with Crippen LogP contribution in [0.15, 0.2) is 42.9 Å². The number of fused-ring (bicyclic) bond motifs is 1. The molecule has 0 N–H and O–H groups in total. The van der Waals surface area contributed by atoms with Gasteiger partial charge in [-0.25, -0.2) is 14.3 Å². The molecule has 1 aliphatic rings. The molecule has 29 heavy (non-hydrogen) atoms. The van der Waals surface area contributed by atoms with E-state index in [0.29, 0.717) is 6.54 Å². The predicted octanol–water partition coefficient (Wildman–Crippen LogP) is 3.24. The fraction of sp³-hybridized carbons (Fsp3) is 0.429. The molecule has 0 radical (unpaired) electrons. The fourth-order valence-corrected chi connectivity index (χ4v) is 3.50. The molecule has 0 bridgehead atoms. The Kier molecular flexibility index (Phi) is 4.86. The van der Waals surface area contributed by atoms with Gasteiger partial charge in [0.2, 0.25) is 0 Å². The van der Waals surface area contributed by atoms with E-state index in [1.165, 1.54) is 0 Å². The number of imidazole rings is 1. The highest BCUT2D eigenvalue weighted by Crippen LogP contribution is 2.25. The molecule has 1 amide bonds. The first kappa shape index (κ1) is 19.2. The molecule has 3 aromatic rings. The lowest BCUT2D eigenvalue weighted by molar-refractivity contribution is 0.0238. The van der Waals surface area contributed by atoms with Gasteiger partial charge < -0.3 is 14.5 Å². The lowest BCUT2D eigenvalue weighted by atomic mass is 10.2. The van der Waals surface area contributed by atoms with Crippen molar-refractivity contribution in [2.24, 2.45) is 0 Å². The minimum atomic E-state index is -0.499. The molecule has 4 rings (SSSR count). The molecule has 4 heterocycles. The first-order valence-corrected chi connectivity index (χ1v) is 9.78. The number of pyridine rings is 1. The molecule has 0 saturated carbocycles. The third-order valence-electron chi connectivity index (χ3n) is 5.04. The summed E-state index contributed by atoms with van der Waals surface area (Å²) in [6, 6.07) is 7.93. The van der Waals surface area contributed by atoms with Gasteiger partial charge in [0, 0.05) is 38.1 Å². The molecule has 1 fully saturated rings. The van der Waals surface area contributed by atoms with Crippen molar-refractivity contribution in [2.75, 3.05) is 25.0 Å². The van der Waals surface area contributed by atoms with E-state index in [9.17, 15) is 4.79 Å². The molecule has 8 heteroatoms. The highest BCUT2D eigenvalue weighted by molar-refractivity contribution is 5.68. The maximum atomic E-state index is 12.4. The molecule has 0 unspecified atom stereocenters. The van der Waals surface area contributed by atoms with E-state index in [0.717, 1.165) is 35.7 Å². The van der Waals surface area contributed by atoms with Gasteiger partial charge in [-0.3, -0.25) is 4.98 Å². The standard InChI is InChI=1S/C21H26N6O2/c1-21(2,3)29-20(28)25(4)16-9-12-26(14-16)19-6-5-18-23-13-17(27(18)24-19)15-7-10-22-11-8-15/h5-8,10-11,13,16H,9,12,14H2,1-4H3/t16-/m0/s1. The number of aromatic nitrogens is 4. The van der Waals surface area contributed by atoms with Crippen LogP contribution < -0.4 is 4.90 Å². The summed E-state index contributed by atoms with van der Waals surface area (Å²) in [4.78, 5) is 24.8. The summed E-state index contributed by atoms with van der Waals surface area (Å²) in [5, 5.41) is 4.82. The van der Waals surface area contributed by atoms with E-state index < -0.39 is 5.60 Å². The van der Waals surface area contributed by atoms with Crippen LogP contribution in [0, 0.1) is 0 Å². The number of rotatable bonds is 3. The minimum absolute atomic E-state index is 0.0878. The van der Waals surface area contributed by atoms with E-state index in [2.05, 4.69) is 14.9 Å². The van der Waals surface area contributed by atoms with Gasteiger partial charge in [-0.2, -0.15) is 0 Å². The van der Waals surface area contributed by atoms with Crippen LogP contribution in [0.3, 0.4) is 0 Å². The number of hydrogen-bond donors (Lipinski definition) is 0. The van der Waals surface area contributed by atoms with Crippen LogP contribution in [0.4, 0.5) is 10.6 Å². The topological polar surface area (TPSA) is 75.9 Å². The maximum absolute atomic E-state index is 12.4. The molecule has 1 atom stereocenters. The van der Waals surface area contributed by atoms with Crippen molar-refractivity contribution in [1.29, 1.82) is 0 Å². The van der Waals surface area contributed by atoms with Gasteiger partial charge in [0.25, 0.3) is 0 Å². The monoisotopic (exact) mass is 394 g/mol. The van der Waals surface area contributed by atoms with Gasteiger partial charge in [-0.1, -0.05) is 0 Å². The van der Waals surface area contributed by atoms with Gasteiger partial charge >= 0.3 is 6.09 Å². The molecular weight excluding hydrogens is 368 g/mol. The first-order chi connectivity index (χ1) is 13.8. The van der Waals surface area contributed by atoms with Gasteiger partial charge in [-0.05, 0) is 51.5 Å². The second-order valence-corrected chi connectivity index (χ2v) is 8.32. The highest BCUT2D eigenvalue weighted by atomic mass is 16.6. The van der Waals surface area contributed by atoms with E-state index in [1.54, 1.807) is 24.3 Å². The predicted molar refractivity (Wildman–Crippen MR) is 111 cm³/mol. The first-order valence-electron chi connectivity index (χ1n) is 9.78. The second kappa shape index (κ2) is 7.35. The summed E-state index contributed by atoms with van der Waals surface area (Å²) in [6.07, 6.45) is 5.93. The van der Waals surface area contributed by atoms with Crippen molar-refractivity contribution in [2.45, 2.75) is 38.8 Å². The molecule has 152 valence electrons. The molecule has 1 aliphatic heterocycles. The fourth-order valence-electron chi connectivity index (χ4n) is 3.50. The zero-order valence-electron chi connectivity index (χ0n) is 17.2. The second-order valence-electron chi connectivity index (χ2n) is 8.32.